The molecule has 0 spiro atoms. The Bertz CT molecular complexity index is 650. The molecule has 8 heteroatoms. The molecule has 0 aliphatic rings. The largest absolute Gasteiger partial charge is 0.486 e. The molecule has 0 radical (unpaired) electrons. The number of halogens is 2. The quantitative estimate of drug-likeness (QED) is 0.913. The molecule has 2 N–H and O–H groups in total. The van der Waals surface area contributed by atoms with E-state index in [1.807, 2.05) is 6.07 Å². The van der Waals surface area contributed by atoms with E-state index in [1.165, 1.54) is 4.68 Å². The van der Waals surface area contributed by atoms with E-state index in [4.69, 9.17) is 38.9 Å². The molecule has 6 nitrogen and oxygen atoms in total. The topological polar surface area (TPSA) is 89.8 Å². The average Bonchev–Trinajstić information content (AvgIpc) is 2.80. The van der Waals surface area contributed by atoms with Crippen molar-refractivity contribution in [1.29, 1.82) is 5.26 Å². The van der Waals surface area contributed by atoms with Crippen LogP contribution in [0.5, 0.6) is 5.75 Å². The standard InChI is InChI=1S/C12H11Cl2N5O/c13-8-1-2-12(9(14)5-8)20-7-11-10(6-16)17-18-19(11)4-3-15/h1-2,5H,4,6-7,16H2. The fourth-order valence-corrected chi connectivity index (χ4v) is 2.08. The fraction of sp³-hybridized carbons (Fsp3) is 0.250. The van der Waals surface area contributed by atoms with Gasteiger partial charge in [-0.25, -0.2) is 4.68 Å². The Morgan fingerprint density at radius 3 is 2.85 bits per heavy atom. The summed E-state index contributed by atoms with van der Waals surface area (Å²) in [5, 5.41) is 17.4. The van der Waals surface area contributed by atoms with Gasteiger partial charge in [0.2, 0.25) is 0 Å². The number of hydrogen-bond acceptors (Lipinski definition) is 5. The Labute approximate surface area is 125 Å². The molecule has 2 rings (SSSR count). The van der Waals surface area contributed by atoms with Crippen molar-refractivity contribution in [3.05, 3.63) is 39.6 Å². The van der Waals surface area contributed by atoms with E-state index in [1.54, 1.807) is 18.2 Å². The van der Waals surface area contributed by atoms with Crippen molar-refractivity contribution >= 4 is 23.2 Å². The third kappa shape index (κ3) is 3.20. The van der Waals surface area contributed by atoms with Gasteiger partial charge in [0.25, 0.3) is 0 Å². The highest BCUT2D eigenvalue weighted by atomic mass is 35.5. The molecule has 0 amide bonds. The zero-order valence-electron chi connectivity index (χ0n) is 10.4. The summed E-state index contributed by atoms with van der Waals surface area (Å²) in [6.07, 6.45) is 0. The minimum Gasteiger partial charge on any atom is -0.486 e. The van der Waals surface area contributed by atoms with Gasteiger partial charge in [-0.2, -0.15) is 5.26 Å². The highest BCUT2D eigenvalue weighted by Gasteiger charge is 2.13. The van der Waals surface area contributed by atoms with E-state index >= 15 is 0 Å². The van der Waals surface area contributed by atoms with Gasteiger partial charge in [0.15, 0.2) is 0 Å². The second-order valence-corrected chi connectivity index (χ2v) is 4.71. The van der Waals surface area contributed by atoms with Crippen LogP contribution in [0.1, 0.15) is 11.4 Å². The van der Waals surface area contributed by atoms with Crippen LogP contribution in [0.2, 0.25) is 10.0 Å². The summed E-state index contributed by atoms with van der Waals surface area (Å²) in [5.74, 6) is 0.490. The summed E-state index contributed by atoms with van der Waals surface area (Å²) in [4.78, 5) is 0. The number of nitriles is 1. The Morgan fingerprint density at radius 2 is 2.20 bits per heavy atom. The molecule has 20 heavy (non-hydrogen) atoms. The molecule has 104 valence electrons. The van der Waals surface area contributed by atoms with Gasteiger partial charge in [-0.05, 0) is 18.2 Å². The van der Waals surface area contributed by atoms with Crippen LogP contribution in [-0.4, -0.2) is 15.0 Å². The van der Waals surface area contributed by atoms with E-state index in [2.05, 4.69) is 10.3 Å². The molecule has 0 saturated carbocycles. The molecule has 0 aliphatic heterocycles. The van der Waals surface area contributed by atoms with Gasteiger partial charge in [-0.3, -0.25) is 0 Å². The van der Waals surface area contributed by atoms with Crippen molar-refractivity contribution < 1.29 is 4.74 Å². The molecular formula is C12H11Cl2N5O. The molecule has 1 heterocycles. The zero-order chi connectivity index (χ0) is 14.5. The molecule has 0 aliphatic carbocycles. The highest BCUT2D eigenvalue weighted by molar-refractivity contribution is 6.35. The Balaban J connectivity index is 2.18. The number of nitrogens with zero attached hydrogens (tertiary/aromatic N) is 4. The molecule has 0 unspecified atom stereocenters. The van der Waals surface area contributed by atoms with Gasteiger partial charge in [-0.15, -0.1) is 5.10 Å². The van der Waals surface area contributed by atoms with Gasteiger partial charge in [0.1, 0.15) is 30.3 Å². The summed E-state index contributed by atoms with van der Waals surface area (Å²) in [7, 11) is 0. The molecule has 2 aromatic rings. The fourth-order valence-electron chi connectivity index (χ4n) is 1.62. The van der Waals surface area contributed by atoms with Crippen LogP contribution >= 0.6 is 23.2 Å². The molecule has 0 saturated heterocycles. The van der Waals surface area contributed by atoms with Crippen molar-refractivity contribution in [2.24, 2.45) is 5.73 Å². The SMILES string of the molecule is N#CCn1nnc(CN)c1COc1ccc(Cl)cc1Cl. The first-order chi connectivity index (χ1) is 9.65. The van der Waals surface area contributed by atoms with Crippen molar-refractivity contribution in [1.82, 2.24) is 15.0 Å². The third-order valence-electron chi connectivity index (χ3n) is 2.59. The number of benzene rings is 1. The lowest BCUT2D eigenvalue weighted by molar-refractivity contribution is 0.292. The lowest BCUT2D eigenvalue weighted by Gasteiger charge is -2.09. The van der Waals surface area contributed by atoms with Crippen molar-refractivity contribution in [2.45, 2.75) is 19.7 Å². The number of nitrogens with two attached hydrogens (primary N) is 1. The first-order valence-electron chi connectivity index (χ1n) is 5.71. The van der Waals surface area contributed by atoms with E-state index < -0.39 is 0 Å². The van der Waals surface area contributed by atoms with Gasteiger partial charge < -0.3 is 10.5 Å². The Hall–Kier alpha value is -1.81. The lowest BCUT2D eigenvalue weighted by atomic mass is 10.3. The van der Waals surface area contributed by atoms with Crippen LogP contribution in [0.25, 0.3) is 0 Å². The van der Waals surface area contributed by atoms with Crippen LogP contribution in [0, 0.1) is 11.3 Å². The second kappa shape index (κ2) is 6.57. The maximum atomic E-state index is 8.74. The minimum absolute atomic E-state index is 0.0834. The van der Waals surface area contributed by atoms with Crippen molar-refractivity contribution in [3.8, 4) is 11.8 Å². The highest BCUT2D eigenvalue weighted by Crippen LogP contribution is 2.28. The summed E-state index contributed by atoms with van der Waals surface area (Å²) < 4.78 is 7.06. The first kappa shape index (κ1) is 14.6. The molecule has 1 aromatic heterocycles. The van der Waals surface area contributed by atoms with Crippen LogP contribution < -0.4 is 10.5 Å². The van der Waals surface area contributed by atoms with Gasteiger partial charge in [-0.1, -0.05) is 28.4 Å². The van der Waals surface area contributed by atoms with E-state index in [0.717, 1.165) is 0 Å². The van der Waals surface area contributed by atoms with Crippen molar-refractivity contribution in [2.75, 3.05) is 0 Å². The van der Waals surface area contributed by atoms with E-state index in [0.29, 0.717) is 27.2 Å². The number of rotatable bonds is 5. The zero-order valence-corrected chi connectivity index (χ0v) is 11.9. The van der Waals surface area contributed by atoms with Gasteiger partial charge >= 0.3 is 0 Å². The normalized spacial score (nSPS) is 10.3. The molecular weight excluding hydrogens is 301 g/mol. The Kier molecular flexibility index (Phi) is 4.79. The lowest BCUT2D eigenvalue weighted by Crippen LogP contribution is -2.10. The molecule has 1 aromatic carbocycles. The van der Waals surface area contributed by atoms with E-state index in [9.17, 15) is 0 Å². The number of ether oxygens (including phenoxy) is 1. The third-order valence-corrected chi connectivity index (χ3v) is 3.12. The summed E-state index contributed by atoms with van der Waals surface area (Å²) in [6.45, 7) is 0.473. The van der Waals surface area contributed by atoms with E-state index in [-0.39, 0.29) is 19.7 Å². The molecule has 0 atom stereocenters. The average molecular weight is 312 g/mol. The smallest absolute Gasteiger partial charge is 0.138 e. The number of hydrogen-bond donors (Lipinski definition) is 1. The van der Waals surface area contributed by atoms with Crippen molar-refractivity contribution in [3.63, 3.8) is 0 Å². The predicted molar refractivity (Wildman–Crippen MR) is 74.3 cm³/mol. The maximum absolute atomic E-state index is 8.74. The summed E-state index contributed by atoms with van der Waals surface area (Å²) in [6, 6.07) is 6.94. The predicted octanol–water partition coefficient (Wildman–Crippen LogP) is 2.15. The summed E-state index contributed by atoms with van der Waals surface area (Å²) >= 11 is 11.8. The van der Waals surface area contributed by atoms with Crippen LogP contribution in [0.15, 0.2) is 18.2 Å². The van der Waals surface area contributed by atoms with Crippen LogP contribution in [0.3, 0.4) is 0 Å². The first-order valence-corrected chi connectivity index (χ1v) is 6.47. The van der Waals surface area contributed by atoms with Crippen LogP contribution in [-0.2, 0) is 19.7 Å². The van der Waals surface area contributed by atoms with Gasteiger partial charge in [0.05, 0.1) is 11.1 Å². The second-order valence-electron chi connectivity index (χ2n) is 3.87. The summed E-state index contributed by atoms with van der Waals surface area (Å²) in [5.41, 5.74) is 6.82. The maximum Gasteiger partial charge on any atom is 0.138 e. The molecule has 0 bridgehead atoms. The minimum atomic E-state index is 0.0834. The molecule has 0 fully saturated rings. The Morgan fingerprint density at radius 1 is 1.40 bits per heavy atom. The van der Waals surface area contributed by atoms with Gasteiger partial charge in [0, 0.05) is 11.6 Å². The number of aromatic nitrogens is 3. The van der Waals surface area contributed by atoms with Crippen LogP contribution in [0.4, 0.5) is 0 Å². The monoisotopic (exact) mass is 311 g/mol.